The third kappa shape index (κ3) is 4.12. The largest absolute Gasteiger partial charge is 0.372 e. The van der Waals surface area contributed by atoms with E-state index in [0.29, 0.717) is 24.9 Å². The summed E-state index contributed by atoms with van der Waals surface area (Å²) in [5, 5.41) is 3.30. The standard InChI is InChI=1S/C12H22N2O2.ClH/c1-12(2)9-14(5-6-16-12)11(15)7-10-3-4-13-8-10;/h10,13H,3-9H2,1-2H3;1H. The van der Waals surface area contributed by atoms with Crippen molar-refractivity contribution >= 4 is 18.3 Å². The van der Waals surface area contributed by atoms with Gasteiger partial charge in [0.05, 0.1) is 12.2 Å². The van der Waals surface area contributed by atoms with Gasteiger partial charge in [-0.25, -0.2) is 0 Å². The van der Waals surface area contributed by atoms with E-state index in [9.17, 15) is 4.79 Å². The van der Waals surface area contributed by atoms with Gasteiger partial charge in [-0.3, -0.25) is 4.79 Å². The fourth-order valence-electron chi connectivity index (χ4n) is 2.49. The monoisotopic (exact) mass is 262 g/mol. The molecule has 2 saturated heterocycles. The van der Waals surface area contributed by atoms with Crippen LogP contribution in [0.4, 0.5) is 0 Å². The first-order valence-corrected chi connectivity index (χ1v) is 6.19. The summed E-state index contributed by atoms with van der Waals surface area (Å²) in [4.78, 5) is 14.0. The third-order valence-corrected chi connectivity index (χ3v) is 3.40. The highest BCUT2D eigenvalue weighted by atomic mass is 35.5. The molecule has 2 fully saturated rings. The van der Waals surface area contributed by atoms with Crippen molar-refractivity contribution in [2.24, 2.45) is 5.92 Å². The van der Waals surface area contributed by atoms with Crippen LogP contribution in [0.25, 0.3) is 0 Å². The Balaban J connectivity index is 0.00000144. The van der Waals surface area contributed by atoms with Crippen LogP contribution in [0.2, 0.25) is 0 Å². The Morgan fingerprint density at radius 1 is 1.53 bits per heavy atom. The van der Waals surface area contributed by atoms with Crippen molar-refractivity contribution in [1.29, 1.82) is 0 Å². The second-order valence-corrected chi connectivity index (χ2v) is 5.49. The van der Waals surface area contributed by atoms with Crippen molar-refractivity contribution in [2.45, 2.75) is 32.3 Å². The number of nitrogens with one attached hydrogen (secondary N) is 1. The van der Waals surface area contributed by atoms with Gasteiger partial charge in [-0.05, 0) is 39.3 Å². The molecule has 1 atom stereocenters. The minimum absolute atomic E-state index is 0. The van der Waals surface area contributed by atoms with Gasteiger partial charge in [-0.15, -0.1) is 12.4 Å². The molecule has 1 amide bonds. The second kappa shape index (κ2) is 6.03. The molecule has 0 bridgehead atoms. The number of ether oxygens (including phenoxy) is 1. The molecular formula is C12H23ClN2O2. The number of nitrogens with zero attached hydrogens (tertiary/aromatic N) is 1. The zero-order valence-corrected chi connectivity index (χ0v) is 11.5. The molecule has 0 spiro atoms. The lowest BCUT2D eigenvalue weighted by molar-refractivity contribution is -0.146. The van der Waals surface area contributed by atoms with Crippen LogP contribution in [0.15, 0.2) is 0 Å². The third-order valence-electron chi connectivity index (χ3n) is 3.40. The molecule has 0 aromatic rings. The number of rotatable bonds is 2. The minimum Gasteiger partial charge on any atom is -0.372 e. The fraction of sp³-hybridized carbons (Fsp3) is 0.917. The number of carbonyl (C=O) groups is 1. The first-order valence-electron chi connectivity index (χ1n) is 6.19. The molecular weight excluding hydrogens is 240 g/mol. The highest BCUT2D eigenvalue weighted by Gasteiger charge is 2.31. The van der Waals surface area contributed by atoms with E-state index < -0.39 is 0 Å². The first-order chi connectivity index (χ1) is 7.57. The fourth-order valence-corrected chi connectivity index (χ4v) is 2.49. The minimum atomic E-state index is -0.179. The lowest BCUT2D eigenvalue weighted by atomic mass is 10.0. The number of carbonyl (C=O) groups excluding carboxylic acids is 1. The van der Waals surface area contributed by atoms with Crippen molar-refractivity contribution in [3.05, 3.63) is 0 Å². The number of morpholine rings is 1. The van der Waals surface area contributed by atoms with Crippen molar-refractivity contribution in [2.75, 3.05) is 32.8 Å². The SMILES string of the molecule is CC1(C)CN(C(=O)CC2CCNC2)CCO1.Cl. The van der Waals surface area contributed by atoms with Gasteiger partial charge in [-0.1, -0.05) is 0 Å². The van der Waals surface area contributed by atoms with Gasteiger partial charge in [0.1, 0.15) is 0 Å². The Labute approximate surface area is 109 Å². The maximum atomic E-state index is 12.1. The van der Waals surface area contributed by atoms with Crippen LogP contribution < -0.4 is 5.32 Å². The van der Waals surface area contributed by atoms with Crippen LogP contribution >= 0.6 is 12.4 Å². The summed E-state index contributed by atoms with van der Waals surface area (Å²) < 4.78 is 5.61. The molecule has 0 aliphatic carbocycles. The van der Waals surface area contributed by atoms with Crippen LogP contribution in [0.3, 0.4) is 0 Å². The average Bonchev–Trinajstić information content (AvgIpc) is 2.69. The van der Waals surface area contributed by atoms with Crippen LogP contribution in [0, 0.1) is 5.92 Å². The highest BCUT2D eigenvalue weighted by molar-refractivity contribution is 5.85. The van der Waals surface area contributed by atoms with E-state index in [4.69, 9.17) is 4.74 Å². The van der Waals surface area contributed by atoms with Crippen LogP contribution in [-0.2, 0) is 9.53 Å². The summed E-state index contributed by atoms with van der Waals surface area (Å²) >= 11 is 0. The Morgan fingerprint density at radius 3 is 2.88 bits per heavy atom. The van der Waals surface area contributed by atoms with E-state index in [0.717, 1.165) is 32.6 Å². The average molecular weight is 263 g/mol. The highest BCUT2D eigenvalue weighted by Crippen LogP contribution is 2.19. The van der Waals surface area contributed by atoms with Crippen LogP contribution in [-0.4, -0.2) is 49.2 Å². The van der Waals surface area contributed by atoms with Crippen LogP contribution in [0.1, 0.15) is 26.7 Å². The molecule has 2 aliphatic rings. The molecule has 0 aromatic heterocycles. The summed E-state index contributed by atoms with van der Waals surface area (Å²) in [6, 6.07) is 0. The summed E-state index contributed by atoms with van der Waals surface area (Å²) in [6.45, 7) is 8.30. The molecule has 0 saturated carbocycles. The molecule has 4 nitrogen and oxygen atoms in total. The number of hydrogen-bond acceptors (Lipinski definition) is 3. The summed E-state index contributed by atoms with van der Waals surface area (Å²) in [6.07, 6.45) is 1.84. The predicted octanol–water partition coefficient (Wildman–Crippen LogP) is 1.05. The van der Waals surface area contributed by atoms with Gasteiger partial charge in [0.15, 0.2) is 0 Å². The van der Waals surface area contributed by atoms with E-state index in [1.807, 2.05) is 18.7 Å². The number of hydrogen-bond donors (Lipinski definition) is 1. The maximum Gasteiger partial charge on any atom is 0.223 e. The molecule has 5 heteroatoms. The lowest BCUT2D eigenvalue weighted by Gasteiger charge is -2.38. The van der Waals surface area contributed by atoms with Crippen molar-refractivity contribution < 1.29 is 9.53 Å². The molecule has 1 unspecified atom stereocenters. The molecule has 2 heterocycles. The van der Waals surface area contributed by atoms with Gasteiger partial charge < -0.3 is 15.0 Å². The van der Waals surface area contributed by atoms with Crippen molar-refractivity contribution in [1.82, 2.24) is 10.2 Å². The molecule has 2 rings (SSSR count). The molecule has 0 aromatic carbocycles. The van der Waals surface area contributed by atoms with Gasteiger partial charge in [0, 0.05) is 19.5 Å². The van der Waals surface area contributed by atoms with Crippen molar-refractivity contribution in [3.63, 3.8) is 0 Å². The van der Waals surface area contributed by atoms with Gasteiger partial charge in [-0.2, -0.15) is 0 Å². The molecule has 17 heavy (non-hydrogen) atoms. The number of halogens is 1. The zero-order valence-electron chi connectivity index (χ0n) is 10.7. The number of amides is 1. The quantitative estimate of drug-likeness (QED) is 0.809. The predicted molar refractivity (Wildman–Crippen MR) is 69.5 cm³/mol. The summed E-state index contributed by atoms with van der Waals surface area (Å²) in [7, 11) is 0. The maximum absolute atomic E-state index is 12.1. The van der Waals surface area contributed by atoms with E-state index >= 15 is 0 Å². The molecule has 0 radical (unpaired) electrons. The first kappa shape index (κ1) is 14.7. The van der Waals surface area contributed by atoms with Gasteiger partial charge >= 0.3 is 0 Å². The second-order valence-electron chi connectivity index (χ2n) is 5.49. The van der Waals surface area contributed by atoms with E-state index in [1.165, 1.54) is 0 Å². The topological polar surface area (TPSA) is 41.6 Å². The molecule has 1 N–H and O–H groups in total. The lowest BCUT2D eigenvalue weighted by Crippen LogP contribution is -2.50. The normalized spacial score (nSPS) is 27.6. The van der Waals surface area contributed by atoms with Gasteiger partial charge in [0.25, 0.3) is 0 Å². The molecule has 100 valence electrons. The zero-order chi connectivity index (χ0) is 11.6. The Bertz CT molecular complexity index is 265. The smallest absolute Gasteiger partial charge is 0.223 e. The van der Waals surface area contributed by atoms with E-state index in [-0.39, 0.29) is 18.0 Å². The summed E-state index contributed by atoms with van der Waals surface area (Å²) in [5.41, 5.74) is -0.179. The Morgan fingerprint density at radius 2 is 2.29 bits per heavy atom. The summed E-state index contributed by atoms with van der Waals surface area (Å²) in [5.74, 6) is 0.837. The molecule has 2 aliphatic heterocycles. The van der Waals surface area contributed by atoms with Crippen molar-refractivity contribution in [3.8, 4) is 0 Å². The van der Waals surface area contributed by atoms with Crippen LogP contribution in [0.5, 0.6) is 0 Å². The Kier molecular flexibility index (Phi) is 5.22. The van der Waals surface area contributed by atoms with Gasteiger partial charge in [0.2, 0.25) is 5.91 Å². The Hall–Kier alpha value is -0.320. The van der Waals surface area contributed by atoms with E-state index in [1.54, 1.807) is 0 Å². The van der Waals surface area contributed by atoms with E-state index in [2.05, 4.69) is 5.32 Å².